The maximum atomic E-state index is 13.2. The summed E-state index contributed by atoms with van der Waals surface area (Å²) >= 11 is 6.32. The Hall–Kier alpha value is -1.80. The molecule has 9 heteroatoms. The van der Waals surface area contributed by atoms with Gasteiger partial charge in [-0.15, -0.1) is 0 Å². The number of alkyl halides is 3. The lowest BCUT2D eigenvalue weighted by molar-refractivity contribution is -0.140. The van der Waals surface area contributed by atoms with E-state index in [0.717, 1.165) is 0 Å². The number of halogens is 4. The molecule has 2 aromatic rings. The number of aromatic nitrogens is 1. The van der Waals surface area contributed by atoms with E-state index in [2.05, 4.69) is 9.69 Å². The first-order valence-electron chi connectivity index (χ1n) is 7.39. The molecule has 136 valence electrons. The van der Waals surface area contributed by atoms with Gasteiger partial charge in [-0.1, -0.05) is 23.7 Å². The van der Waals surface area contributed by atoms with Crippen molar-refractivity contribution in [3.8, 4) is 5.06 Å². The van der Waals surface area contributed by atoms with Gasteiger partial charge in [0.1, 0.15) is 5.56 Å². The van der Waals surface area contributed by atoms with Gasteiger partial charge >= 0.3 is 6.18 Å². The van der Waals surface area contributed by atoms with E-state index in [1.807, 2.05) is 0 Å². The molecule has 1 aromatic heterocycles. The summed E-state index contributed by atoms with van der Waals surface area (Å²) in [5.41, 5.74) is -1.12. The molecule has 25 heavy (non-hydrogen) atoms. The van der Waals surface area contributed by atoms with E-state index >= 15 is 0 Å². The van der Waals surface area contributed by atoms with Crippen molar-refractivity contribution in [1.82, 2.24) is 9.69 Å². The maximum absolute atomic E-state index is 13.2. The minimum atomic E-state index is -4.74. The van der Waals surface area contributed by atoms with Crippen LogP contribution < -0.4 is 10.1 Å². The third-order valence-corrected chi connectivity index (χ3v) is 4.21. The second-order valence-corrected chi connectivity index (χ2v) is 6.78. The lowest BCUT2D eigenvalue weighted by atomic mass is 10.1. The van der Waals surface area contributed by atoms with Gasteiger partial charge in [0.2, 0.25) is 5.06 Å². The molecule has 0 radical (unpaired) electrons. The number of hydrogen-bond donors (Lipinski definition) is 1. The van der Waals surface area contributed by atoms with Gasteiger partial charge in [0.15, 0.2) is 5.69 Å². The molecule has 0 unspecified atom stereocenters. The molecule has 2 rings (SSSR count). The summed E-state index contributed by atoms with van der Waals surface area (Å²) in [6.07, 6.45) is -5.13. The van der Waals surface area contributed by atoms with Crippen molar-refractivity contribution in [3.63, 3.8) is 0 Å². The van der Waals surface area contributed by atoms with Crippen molar-refractivity contribution in [2.75, 3.05) is 0 Å². The SMILES string of the molecule is CC(C)Oc1snc(C(F)(F)F)c1C(=O)N[C@@H](C)c1ccc(Cl)cc1. The first kappa shape index (κ1) is 19.5. The number of amides is 1. The molecule has 0 aliphatic rings. The summed E-state index contributed by atoms with van der Waals surface area (Å²) in [6.45, 7) is 4.98. The molecular formula is C16H16ClF3N2O2S. The largest absolute Gasteiger partial charge is 0.480 e. The minimum Gasteiger partial charge on any atom is -0.480 e. The second kappa shape index (κ2) is 7.61. The Labute approximate surface area is 152 Å². The Morgan fingerprint density at radius 1 is 1.24 bits per heavy atom. The first-order valence-corrected chi connectivity index (χ1v) is 8.54. The molecule has 1 heterocycles. The Bertz CT molecular complexity index is 745. The molecule has 1 atom stereocenters. The maximum Gasteiger partial charge on any atom is 0.435 e. The second-order valence-electron chi connectivity index (χ2n) is 5.60. The summed E-state index contributed by atoms with van der Waals surface area (Å²) in [7, 11) is 0. The number of carbonyl (C=O) groups excluding carboxylic acids is 1. The van der Waals surface area contributed by atoms with Gasteiger partial charge < -0.3 is 10.1 Å². The van der Waals surface area contributed by atoms with E-state index < -0.39 is 29.4 Å². The van der Waals surface area contributed by atoms with E-state index in [-0.39, 0.29) is 11.2 Å². The molecular weight excluding hydrogens is 377 g/mol. The lowest BCUT2D eigenvalue weighted by Crippen LogP contribution is -2.29. The summed E-state index contributed by atoms with van der Waals surface area (Å²) in [6, 6.07) is 6.14. The van der Waals surface area contributed by atoms with Gasteiger partial charge in [-0.3, -0.25) is 4.79 Å². The van der Waals surface area contributed by atoms with Crippen LogP contribution in [0.5, 0.6) is 5.06 Å². The van der Waals surface area contributed by atoms with Crippen LogP contribution in [0.2, 0.25) is 5.02 Å². The van der Waals surface area contributed by atoms with Gasteiger partial charge in [0.05, 0.1) is 12.1 Å². The summed E-state index contributed by atoms with van der Waals surface area (Å²) in [4.78, 5) is 12.5. The standard InChI is InChI=1S/C16H16ClF3N2O2S/c1-8(2)24-15-12(13(22-25-15)16(18,19)20)14(23)21-9(3)10-4-6-11(17)7-5-10/h4-9H,1-3H3,(H,21,23)/t9-/m0/s1. The molecule has 0 saturated carbocycles. The zero-order valence-electron chi connectivity index (χ0n) is 13.6. The smallest absolute Gasteiger partial charge is 0.435 e. The summed E-state index contributed by atoms with van der Waals surface area (Å²) < 4.78 is 48.2. The fourth-order valence-corrected chi connectivity index (χ4v) is 3.08. The van der Waals surface area contributed by atoms with Crippen molar-refractivity contribution in [2.45, 2.75) is 39.1 Å². The molecule has 4 nitrogen and oxygen atoms in total. The predicted octanol–water partition coefficient (Wildman–Crippen LogP) is 5.09. The Morgan fingerprint density at radius 3 is 2.36 bits per heavy atom. The average Bonchev–Trinajstić information content (AvgIpc) is 2.90. The van der Waals surface area contributed by atoms with Crippen LogP contribution in [0.4, 0.5) is 13.2 Å². The van der Waals surface area contributed by atoms with Crippen molar-refractivity contribution >= 4 is 29.0 Å². The number of carbonyl (C=O) groups is 1. The van der Waals surface area contributed by atoms with Crippen molar-refractivity contribution in [1.29, 1.82) is 0 Å². The molecule has 0 bridgehead atoms. The van der Waals surface area contributed by atoms with Crippen molar-refractivity contribution in [3.05, 3.63) is 46.1 Å². The van der Waals surface area contributed by atoms with Crippen LogP contribution in [-0.2, 0) is 6.18 Å². The predicted molar refractivity (Wildman–Crippen MR) is 90.2 cm³/mol. The highest BCUT2D eigenvalue weighted by Gasteiger charge is 2.41. The zero-order valence-corrected chi connectivity index (χ0v) is 15.2. The fraction of sp³-hybridized carbons (Fsp3) is 0.375. The topological polar surface area (TPSA) is 51.2 Å². The van der Waals surface area contributed by atoms with Crippen molar-refractivity contribution in [2.24, 2.45) is 0 Å². The number of hydrogen-bond acceptors (Lipinski definition) is 4. The highest BCUT2D eigenvalue weighted by Crippen LogP contribution is 2.38. The summed E-state index contributed by atoms with van der Waals surface area (Å²) in [5, 5.41) is 2.92. The fourth-order valence-electron chi connectivity index (χ4n) is 2.07. The van der Waals surface area contributed by atoms with Crippen LogP contribution in [0.25, 0.3) is 0 Å². The minimum absolute atomic E-state index is 0.150. The van der Waals surface area contributed by atoms with Crippen LogP contribution in [0.15, 0.2) is 24.3 Å². The van der Waals surface area contributed by atoms with Gasteiger partial charge in [-0.05, 0) is 38.5 Å². The molecule has 0 fully saturated rings. The number of nitrogens with one attached hydrogen (secondary N) is 1. The van der Waals surface area contributed by atoms with Crippen LogP contribution in [0, 0.1) is 0 Å². The summed E-state index contributed by atoms with van der Waals surface area (Å²) in [5.74, 6) is -0.890. The van der Waals surface area contributed by atoms with E-state index in [1.54, 1.807) is 45.0 Å². The van der Waals surface area contributed by atoms with E-state index in [1.165, 1.54) is 0 Å². The highest BCUT2D eigenvalue weighted by molar-refractivity contribution is 7.08. The Balaban J connectivity index is 2.30. The molecule has 0 aliphatic heterocycles. The molecule has 1 N–H and O–H groups in total. The number of ether oxygens (including phenoxy) is 1. The van der Waals surface area contributed by atoms with E-state index in [9.17, 15) is 18.0 Å². The van der Waals surface area contributed by atoms with E-state index in [0.29, 0.717) is 22.1 Å². The molecule has 0 aliphatic carbocycles. The first-order chi connectivity index (χ1) is 11.6. The molecule has 0 spiro atoms. The average molecular weight is 393 g/mol. The van der Waals surface area contributed by atoms with Crippen LogP contribution >= 0.6 is 23.1 Å². The Kier molecular flexibility index (Phi) is 5.95. The third kappa shape index (κ3) is 4.85. The van der Waals surface area contributed by atoms with Gasteiger partial charge in [-0.2, -0.15) is 17.5 Å². The van der Waals surface area contributed by atoms with Crippen LogP contribution in [-0.4, -0.2) is 16.4 Å². The van der Waals surface area contributed by atoms with Gasteiger partial charge in [0, 0.05) is 16.6 Å². The number of rotatable bonds is 5. The van der Waals surface area contributed by atoms with Crippen molar-refractivity contribution < 1.29 is 22.7 Å². The van der Waals surface area contributed by atoms with E-state index in [4.69, 9.17) is 16.3 Å². The van der Waals surface area contributed by atoms with Gasteiger partial charge in [0.25, 0.3) is 5.91 Å². The molecule has 1 aromatic carbocycles. The number of benzene rings is 1. The quantitative estimate of drug-likeness (QED) is 0.770. The van der Waals surface area contributed by atoms with Crippen LogP contribution in [0.3, 0.4) is 0 Å². The zero-order chi connectivity index (χ0) is 18.8. The van der Waals surface area contributed by atoms with Crippen LogP contribution in [0.1, 0.15) is 48.4 Å². The normalized spacial score (nSPS) is 13.0. The number of nitrogens with zero attached hydrogens (tertiary/aromatic N) is 1. The molecule has 1 amide bonds. The lowest BCUT2D eigenvalue weighted by Gasteiger charge is -2.16. The monoisotopic (exact) mass is 392 g/mol. The Morgan fingerprint density at radius 2 is 1.84 bits per heavy atom. The third-order valence-electron chi connectivity index (χ3n) is 3.22. The highest BCUT2D eigenvalue weighted by atomic mass is 35.5. The molecule has 0 saturated heterocycles. The van der Waals surface area contributed by atoms with Gasteiger partial charge in [-0.25, -0.2) is 0 Å².